The molecule has 0 saturated carbocycles. The van der Waals surface area contributed by atoms with Gasteiger partial charge in [-0.2, -0.15) is 4.31 Å². The van der Waals surface area contributed by atoms with E-state index in [4.69, 9.17) is 16.5 Å². The SMILES string of the molecule is O=C(N(O)Cl)C1(S(=O)(=O)N2CCN(c3ccc(-c4ccccc4)c(F)c3)CC2)CCOCC1. The number of amides is 1. The monoisotopic (exact) mass is 497 g/mol. The van der Waals surface area contributed by atoms with Gasteiger partial charge in [0.2, 0.25) is 10.0 Å². The Bertz CT molecular complexity index is 1100. The lowest BCUT2D eigenvalue weighted by Crippen LogP contribution is -2.61. The molecule has 0 aromatic heterocycles. The van der Waals surface area contributed by atoms with Crippen LogP contribution in [0, 0.1) is 5.82 Å². The maximum atomic E-state index is 14.8. The normalized spacial score (nSPS) is 19.3. The molecule has 2 aromatic rings. The highest BCUT2D eigenvalue weighted by Gasteiger charge is 2.56. The number of rotatable bonds is 5. The fourth-order valence-electron chi connectivity index (χ4n) is 4.44. The molecular formula is C22H25ClFN3O5S. The molecule has 1 amide bonds. The predicted octanol–water partition coefficient (Wildman–Crippen LogP) is 2.87. The number of nitrogens with zero attached hydrogens (tertiary/aromatic N) is 3. The number of anilines is 1. The smallest absolute Gasteiger partial charge is 0.284 e. The first-order chi connectivity index (χ1) is 15.8. The van der Waals surface area contributed by atoms with Crippen molar-refractivity contribution in [2.75, 3.05) is 44.3 Å². The van der Waals surface area contributed by atoms with Gasteiger partial charge in [0.25, 0.3) is 5.91 Å². The molecule has 0 spiro atoms. The average molecular weight is 498 g/mol. The topological polar surface area (TPSA) is 90.4 Å². The van der Waals surface area contributed by atoms with Gasteiger partial charge < -0.3 is 9.64 Å². The van der Waals surface area contributed by atoms with Crippen molar-refractivity contribution in [3.63, 3.8) is 0 Å². The molecule has 2 heterocycles. The summed E-state index contributed by atoms with van der Waals surface area (Å²) >= 11 is 5.44. The highest BCUT2D eigenvalue weighted by molar-refractivity contribution is 7.91. The van der Waals surface area contributed by atoms with E-state index in [0.717, 1.165) is 5.56 Å². The van der Waals surface area contributed by atoms with Crippen LogP contribution in [0.25, 0.3) is 11.1 Å². The second-order valence-corrected chi connectivity index (χ2v) is 10.7. The summed E-state index contributed by atoms with van der Waals surface area (Å²) in [7, 11) is -4.13. The summed E-state index contributed by atoms with van der Waals surface area (Å²) in [5.41, 5.74) is 1.93. The fraction of sp³-hybridized carbons (Fsp3) is 0.409. The van der Waals surface area contributed by atoms with Crippen LogP contribution in [0.15, 0.2) is 48.5 Å². The van der Waals surface area contributed by atoms with Crippen molar-refractivity contribution >= 4 is 33.4 Å². The van der Waals surface area contributed by atoms with E-state index in [0.29, 0.717) is 24.3 Å². The molecule has 2 fully saturated rings. The van der Waals surface area contributed by atoms with Gasteiger partial charge in [-0.3, -0.25) is 10.0 Å². The molecule has 0 bridgehead atoms. The van der Waals surface area contributed by atoms with E-state index in [1.54, 1.807) is 6.07 Å². The Kier molecular flexibility index (Phi) is 6.92. The minimum Gasteiger partial charge on any atom is -0.381 e. The molecule has 0 unspecified atom stereocenters. The Balaban J connectivity index is 1.50. The fourth-order valence-corrected chi connectivity index (χ4v) is 6.78. The van der Waals surface area contributed by atoms with Crippen LogP contribution in [0.4, 0.5) is 10.1 Å². The summed E-state index contributed by atoms with van der Waals surface area (Å²) in [5.74, 6) is -1.43. The van der Waals surface area contributed by atoms with Crippen LogP contribution in [0.1, 0.15) is 12.8 Å². The van der Waals surface area contributed by atoms with Gasteiger partial charge in [0.1, 0.15) is 5.82 Å². The van der Waals surface area contributed by atoms with Gasteiger partial charge in [-0.25, -0.2) is 12.8 Å². The van der Waals surface area contributed by atoms with Gasteiger partial charge in [0, 0.05) is 75.3 Å². The van der Waals surface area contributed by atoms with Gasteiger partial charge >= 0.3 is 0 Å². The van der Waals surface area contributed by atoms with E-state index in [2.05, 4.69) is 0 Å². The van der Waals surface area contributed by atoms with Crippen molar-refractivity contribution in [2.24, 2.45) is 0 Å². The van der Waals surface area contributed by atoms with Crippen LogP contribution in [0.5, 0.6) is 0 Å². The summed E-state index contributed by atoms with van der Waals surface area (Å²) in [6, 6.07) is 14.2. The number of benzene rings is 2. The third-order valence-corrected chi connectivity index (χ3v) is 9.10. The van der Waals surface area contributed by atoms with Gasteiger partial charge in [0.05, 0.1) is 0 Å². The molecule has 178 valence electrons. The van der Waals surface area contributed by atoms with Crippen LogP contribution < -0.4 is 4.90 Å². The Labute approximate surface area is 197 Å². The van der Waals surface area contributed by atoms with Crippen molar-refractivity contribution in [3.05, 3.63) is 54.3 Å². The molecule has 0 atom stereocenters. The van der Waals surface area contributed by atoms with Crippen LogP contribution >= 0.6 is 11.8 Å². The molecular weight excluding hydrogens is 473 g/mol. The highest BCUT2D eigenvalue weighted by Crippen LogP contribution is 2.36. The zero-order valence-corrected chi connectivity index (χ0v) is 19.4. The second kappa shape index (κ2) is 9.55. The zero-order valence-electron chi connectivity index (χ0n) is 17.9. The minimum absolute atomic E-state index is 0.0721. The summed E-state index contributed by atoms with van der Waals surface area (Å²) in [6.07, 6.45) is -0.186. The van der Waals surface area contributed by atoms with E-state index < -0.39 is 20.7 Å². The van der Waals surface area contributed by atoms with Crippen molar-refractivity contribution in [3.8, 4) is 11.1 Å². The standard InChI is InChI=1S/C22H25ClFN3O5S/c23-27(29)21(28)22(8-14-32-15-9-22)33(30,31)26-12-10-25(11-13-26)18-6-7-19(20(24)16-18)17-4-2-1-3-5-17/h1-7,16,29H,8-15H2. The van der Waals surface area contributed by atoms with Gasteiger partial charge in [0.15, 0.2) is 4.75 Å². The van der Waals surface area contributed by atoms with Gasteiger partial charge in [-0.15, -0.1) is 4.58 Å². The quantitative estimate of drug-likeness (QED) is 0.388. The Hall–Kier alpha value is -2.24. The molecule has 2 aliphatic heterocycles. The number of halogens is 2. The number of hydroxylamine groups is 1. The zero-order chi connectivity index (χ0) is 23.6. The lowest BCUT2D eigenvalue weighted by atomic mass is 9.98. The molecule has 2 saturated heterocycles. The predicted molar refractivity (Wildman–Crippen MR) is 122 cm³/mol. The van der Waals surface area contributed by atoms with E-state index >= 15 is 0 Å². The van der Waals surface area contributed by atoms with Crippen LogP contribution in [0.3, 0.4) is 0 Å². The van der Waals surface area contributed by atoms with Crippen molar-refractivity contribution in [2.45, 2.75) is 17.6 Å². The van der Waals surface area contributed by atoms with Crippen LogP contribution in [-0.2, 0) is 19.6 Å². The number of carbonyl (C=O) groups is 1. The first-order valence-electron chi connectivity index (χ1n) is 10.6. The van der Waals surface area contributed by atoms with Gasteiger partial charge in [-0.05, 0) is 23.8 Å². The average Bonchev–Trinajstić information content (AvgIpc) is 2.84. The largest absolute Gasteiger partial charge is 0.381 e. The Morgan fingerprint density at radius 3 is 2.27 bits per heavy atom. The van der Waals surface area contributed by atoms with Crippen molar-refractivity contribution < 1.29 is 27.5 Å². The minimum atomic E-state index is -4.13. The summed E-state index contributed by atoms with van der Waals surface area (Å²) in [6.45, 7) is 1.04. The Morgan fingerprint density at radius 1 is 1.06 bits per heavy atom. The van der Waals surface area contributed by atoms with E-state index in [1.807, 2.05) is 41.3 Å². The molecule has 2 aliphatic rings. The summed E-state index contributed by atoms with van der Waals surface area (Å²) in [4.78, 5) is 14.5. The second-order valence-electron chi connectivity index (χ2n) is 8.09. The number of hydrogen-bond donors (Lipinski definition) is 1. The summed E-state index contributed by atoms with van der Waals surface area (Å²) < 4.78 is 46.2. The number of piperazine rings is 1. The van der Waals surface area contributed by atoms with Crippen LogP contribution in [-0.4, -0.2) is 72.6 Å². The molecule has 1 N–H and O–H groups in total. The lowest BCUT2D eigenvalue weighted by molar-refractivity contribution is -0.152. The van der Waals surface area contributed by atoms with Crippen molar-refractivity contribution in [1.29, 1.82) is 0 Å². The van der Waals surface area contributed by atoms with E-state index in [-0.39, 0.29) is 49.5 Å². The first-order valence-corrected chi connectivity index (χ1v) is 12.4. The molecule has 33 heavy (non-hydrogen) atoms. The molecule has 0 radical (unpaired) electrons. The molecule has 11 heteroatoms. The number of carbonyl (C=O) groups excluding carboxylic acids is 1. The Morgan fingerprint density at radius 2 is 1.70 bits per heavy atom. The van der Waals surface area contributed by atoms with Crippen LogP contribution in [0.2, 0.25) is 0 Å². The molecule has 0 aliphatic carbocycles. The van der Waals surface area contributed by atoms with E-state index in [1.165, 1.54) is 10.4 Å². The van der Waals surface area contributed by atoms with Crippen molar-refractivity contribution in [1.82, 2.24) is 8.89 Å². The highest BCUT2D eigenvalue weighted by atomic mass is 35.5. The summed E-state index contributed by atoms with van der Waals surface area (Å²) in [5, 5.41) is 9.50. The number of sulfonamides is 1. The van der Waals surface area contributed by atoms with Gasteiger partial charge in [-0.1, -0.05) is 30.3 Å². The maximum absolute atomic E-state index is 14.8. The first kappa shape index (κ1) is 23.9. The molecule has 2 aromatic carbocycles. The van der Waals surface area contributed by atoms with E-state index in [9.17, 15) is 22.8 Å². The lowest BCUT2D eigenvalue weighted by Gasteiger charge is -2.42. The third-order valence-electron chi connectivity index (χ3n) is 6.33. The molecule has 8 nitrogen and oxygen atoms in total. The molecule has 4 rings (SSSR count). The number of hydrogen-bond acceptors (Lipinski definition) is 6. The third kappa shape index (κ3) is 4.45. The maximum Gasteiger partial charge on any atom is 0.284 e. The number of ether oxygens (including phenoxy) is 1.